The minimum absolute atomic E-state index is 0.208. The third-order valence-electron chi connectivity index (χ3n) is 5.24. The summed E-state index contributed by atoms with van der Waals surface area (Å²) >= 11 is 6.16. The van der Waals surface area contributed by atoms with Crippen molar-refractivity contribution in [3.63, 3.8) is 0 Å². The van der Waals surface area contributed by atoms with Crippen LogP contribution >= 0.6 is 11.6 Å². The van der Waals surface area contributed by atoms with E-state index in [4.69, 9.17) is 11.6 Å². The van der Waals surface area contributed by atoms with Crippen molar-refractivity contribution in [1.82, 2.24) is 19.5 Å². The first-order valence-electron chi connectivity index (χ1n) is 8.34. The third-order valence-corrected chi connectivity index (χ3v) is 5.48. The number of amides is 1. The number of fused-ring (bicyclic) bond motifs is 9. The standard InChI is InChI=1S/C18H13ClF2N4O2/c1-24-12-7-10(14-11-6-8(19)4-5-25(11)23-16(12)14)15-9(17(24)26)2-3-13(22-15)27-18(20)21/h2-6,10,12,18H,7H2,1H3. The Kier molecular flexibility index (Phi) is 3.42. The second-order valence-electron chi connectivity index (χ2n) is 6.65. The van der Waals surface area contributed by atoms with Crippen LogP contribution in [0.25, 0.3) is 5.52 Å². The summed E-state index contributed by atoms with van der Waals surface area (Å²) in [4.78, 5) is 18.8. The van der Waals surface area contributed by atoms with Crippen LogP contribution in [0.15, 0.2) is 30.5 Å². The van der Waals surface area contributed by atoms with E-state index in [0.717, 1.165) is 16.8 Å². The maximum Gasteiger partial charge on any atom is 0.388 e. The van der Waals surface area contributed by atoms with Gasteiger partial charge in [0.25, 0.3) is 5.91 Å². The molecule has 1 aliphatic carbocycles. The predicted molar refractivity (Wildman–Crippen MR) is 92.4 cm³/mol. The van der Waals surface area contributed by atoms with E-state index in [0.29, 0.717) is 22.7 Å². The maximum absolute atomic E-state index is 12.9. The highest BCUT2D eigenvalue weighted by atomic mass is 35.5. The molecule has 0 radical (unpaired) electrons. The van der Waals surface area contributed by atoms with Gasteiger partial charge < -0.3 is 9.64 Å². The molecule has 27 heavy (non-hydrogen) atoms. The SMILES string of the molecule is CN1C(=O)c2ccc(OC(F)F)nc2C2CC1c1nn3ccc(Cl)cc3c12. The molecular weight excluding hydrogens is 378 g/mol. The molecule has 5 rings (SSSR count). The number of alkyl halides is 2. The molecule has 0 saturated heterocycles. The number of nitrogens with zero attached hydrogens (tertiary/aromatic N) is 4. The van der Waals surface area contributed by atoms with Crippen molar-refractivity contribution in [1.29, 1.82) is 0 Å². The number of aromatic nitrogens is 3. The largest absolute Gasteiger partial charge is 0.417 e. The molecule has 6 nitrogen and oxygen atoms in total. The Bertz CT molecular complexity index is 1100. The predicted octanol–water partition coefficient (Wildman–Crippen LogP) is 3.65. The molecule has 1 amide bonds. The Morgan fingerprint density at radius 3 is 2.89 bits per heavy atom. The van der Waals surface area contributed by atoms with Crippen LogP contribution < -0.4 is 4.74 Å². The Morgan fingerprint density at radius 1 is 1.30 bits per heavy atom. The molecule has 138 valence electrons. The minimum Gasteiger partial charge on any atom is -0.417 e. The van der Waals surface area contributed by atoms with Crippen LogP contribution in [0.4, 0.5) is 8.78 Å². The molecule has 2 bridgehead atoms. The molecular formula is C18H13ClF2N4O2. The van der Waals surface area contributed by atoms with Gasteiger partial charge >= 0.3 is 6.61 Å². The van der Waals surface area contributed by atoms with Crippen LogP contribution in [0.3, 0.4) is 0 Å². The molecule has 0 saturated carbocycles. The number of ether oxygens (including phenoxy) is 1. The average Bonchev–Trinajstić information content (AvgIpc) is 3.14. The second kappa shape index (κ2) is 5.63. The number of hydrogen-bond acceptors (Lipinski definition) is 4. The summed E-state index contributed by atoms with van der Waals surface area (Å²) in [5.41, 5.74) is 3.34. The molecule has 3 aromatic heterocycles. The van der Waals surface area contributed by atoms with Gasteiger partial charge in [0.2, 0.25) is 5.88 Å². The lowest BCUT2D eigenvalue weighted by Gasteiger charge is -2.23. The van der Waals surface area contributed by atoms with Crippen LogP contribution in [0.2, 0.25) is 5.02 Å². The minimum atomic E-state index is -2.98. The summed E-state index contributed by atoms with van der Waals surface area (Å²) in [6, 6.07) is 6.12. The van der Waals surface area contributed by atoms with Crippen molar-refractivity contribution in [2.24, 2.45) is 0 Å². The number of pyridine rings is 2. The lowest BCUT2D eigenvalue weighted by Crippen LogP contribution is -2.30. The summed E-state index contributed by atoms with van der Waals surface area (Å²) < 4.78 is 31.4. The normalized spacial score (nSPS) is 20.8. The zero-order valence-electron chi connectivity index (χ0n) is 14.1. The van der Waals surface area contributed by atoms with Crippen molar-refractivity contribution in [2.75, 3.05) is 7.05 Å². The molecule has 9 heteroatoms. The molecule has 3 aromatic rings. The molecule has 2 atom stereocenters. The van der Waals surface area contributed by atoms with E-state index < -0.39 is 6.61 Å². The Hall–Kier alpha value is -2.74. The van der Waals surface area contributed by atoms with Gasteiger partial charge in [-0.1, -0.05) is 11.6 Å². The van der Waals surface area contributed by atoms with Crippen molar-refractivity contribution in [3.8, 4) is 5.88 Å². The molecule has 0 aromatic carbocycles. The highest BCUT2D eigenvalue weighted by Gasteiger charge is 2.45. The van der Waals surface area contributed by atoms with E-state index in [9.17, 15) is 13.6 Å². The van der Waals surface area contributed by atoms with Crippen LogP contribution in [0.5, 0.6) is 5.88 Å². The third kappa shape index (κ3) is 2.32. The van der Waals surface area contributed by atoms with E-state index in [1.807, 2.05) is 6.07 Å². The number of halogens is 3. The summed E-state index contributed by atoms with van der Waals surface area (Å²) in [6.45, 7) is -2.98. The van der Waals surface area contributed by atoms with E-state index in [-0.39, 0.29) is 23.7 Å². The van der Waals surface area contributed by atoms with Crippen molar-refractivity contribution < 1.29 is 18.3 Å². The fourth-order valence-corrected chi connectivity index (χ4v) is 4.25. The van der Waals surface area contributed by atoms with Crippen LogP contribution in [0.1, 0.15) is 45.7 Å². The van der Waals surface area contributed by atoms with Gasteiger partial charge in [-0.2, -0.15) is 13.9 Å². The summed E-state index contributed by atoms with van der Waals surface area (Å²) in [6.07, 6.45) is 2.34. The van der Waals surface area contributed by atoms with E-state index in [1.165, 1.54) is 12.1 Å². The summed E-state index contributed by atoms with van der Waals surface area (Å²) in [5.74, 6) is -0.680. The first-order valence-corrected chi connectivity index (χ1v) is 8.72. The Morgan fingerprint density at radius 2 is 2.11 bits per heavy atom. The van der Waals surface area contributed by atoms with Gasteiger partial charge in [-0.15, -0.1) is 0 Å². The van der Waals surface area contributed by atoms with Gasteiger partial charge in [-0.05, 0) is 24.6 Å². The first-order chi connectivity index (χ1) is 12.9. The van der Waals surface area contributed by atoms with Gasteiger partial charge in [-0.25, -0.2) is 9.50 Å². The quantitative estimate of drug-likeness (QED) is 0.670. The molecule has 4 heterocycles. The molecule has 0 N–H and O–H groups in total. The summed E-state index contributed by atoms with van der Waals surface area (Å²) in [7, 11) is 1.72. The topological polar surface area (TPSA) is 59.7 Å². The molecule has 1 aliphatic heterocycles. The summed E-state index contributed by atoms with van der Waals surface area (Å²) in [5, 5.41) is 5.20. The first kappa shape index (κ1) is 16.4. The average molecular weight is 391 g/mol. The number of hydrogen-bond donors (Lipinski definition) is 0. The van der Waals surface area contributed by atoms with Gasteiger partial charge in [-0.3, -0.25) is 4.79 Å². The Labute approximate surface area is 157 Å². The number of carbonyl (C=O) groups excluding carboxylic acids is 1. The van der Waals surface area contributed by atoms with E-state index >= 15 is 0 Å². The van der Waals surface area contributed by atoms with Gasteiger partial charge in [0.1, 0.15) is 0 Å². The van der Waals surface area contributed by atoms with Crippen molar-refractivity contribution in [2.45, 2.75) is 25.0 Å². The van der Waals surface area contributed by atoms with Crippen LogP contribution in [-0.4, -0.2) is 39.1 Å². The zero-order valence-corrected chi connectivity index (χ0v) is 14.8. The maximum atomic E-state index is 12.9. The fraction of sp³-hybridized carbons (Fsp3) is 0.278. The molecule has 2 unspecified atom stereocenters. The van der Waals surface area contributed by atoms with E-state index in [1.54, 1.807) is 28.7 Å². The highest BCUT2D eigenvalue weighted by molar-refractivity contribution is 6.30. The molecule has 0 spiro atoms. The number of carbonyl (C=O) groups is 1. The number of rotatable bonds is 2. The van der Waals surface area contributed by atoms with Crippen LogP contribution in [-0.2, 0) is 0 Å². The lowest BCUT2D eigenvalue weighted by molar-refractivity contribution is -0.0529. The molecule has 2 aliphatic rings. The Balaban J connectivity index is 1.76. The van der Waals surface area contributed by atoms with Crippen molar-refractivity contribution in [3.05, 3.63) is 58.0 Å². The fourth-order valence-electron chi connectivity index (χ4n) is 4.09. The monoisotopic (exact) mass is 390 g/mol. The zero-order chi connectivity index (χ0) is 18.9. The molecule has 0 fully saturated rings. The highest BCUT2D eigenvalue weighted by Crippen LogP contribution is 2.50. The van der Waals surface area contributed by atoms with Crippen molar-refractivity contribution >= 4 is 23.0 Å². The van der Waals surface area contributed by atoms with E-state index in [2.05, 4.69) is 14.8 Å². The van der Waals surface area contributed by atoms with Gasteiger partial charge in [0, 0.05) is 35.8 Å². The van der Waals surface area contributed by atoms with Gasteiger partial charge in [0.15, 0.2) is 0 Å². The van der Waals surface area contributed by atoms with Gasteiger partial charge in [0.05, 0.1) is 28.5 Å². The van der Waals surface area contributed by atoms with Crippen LogP contribution in [0, 0.1) is 0 Å². The lowest BCUT2D eigenvalue weighted by atomic mass is 9.94. The smallest absolute Gasteiger partial charge is 0.388 e. The second-order valence-corrected chi connectivity index (χ2v) is 7.09.